The fourth-order valence-corrected chi connectivity index (χ4v) is 6.47. The highest BCUT2D eigenvalue weighted by molar-refractivity contribution is 9.10. The number of piperidine rings is 1. The summed E-state index contributed by atoms with van der Waals surface area (Å²) >= 11 is 3.44. The van der Waals surface area contributed by atoms with Gasteiger partial charge in [-0.3, -0.25) is 9.20 Å². The lowest BCUT2D eigenvalue weighted by molar-refractivity contribution is -0.121. The molecule has 2 aromatic heterocycles. The van der Waals surface area contributed by atoms with Crippen LogP contribution < -0.4 is 10.2 Å². The number of halogens is 1. The molecule has 1 aliphatic heterocycles. The number of aromatic nitrogens is 2. The lowest BCUT2D eigenvalue weighted by atomic mass is 10.0. The summed E-state index contributed by atoms with van der Waals surface area (Å²) in [7, 11) is -3.63. The molecular weight excluding hydrogens is 528 g/mol. The van der Waals surface area contributed by atoms with Gasteiger partial charge in [0, 0.05) is 42.4 Å². The predicted octanol–water partition coefficient (Wildman–Crippen LogP) is 4.59. The van der Waals surface area contributed by atoms with Crippen molar-refractivity contribution in [3.05, 3.63) is 71.5 Å². The van der Waals surface area contributed by atoms with E-state index >= 15 is 0 Å². The summed E-state index contributed by atoms with van der Waals surface area (Å²) in [6.07, 6.45) is 5.29. The Balaban J connectivity index is 1.19. The number of benzene rings is 2. The SMILES string of the molecule is CC(CC(=O)NC1CCN(c2cccc3nccn23)CC1)S(=O)(=O)c1ccc2cc(Br)ccc2c1. The normalized spacial score (nSPS) is 16.0. The second-order valence-electron chi connectivity index (χ2n) is 9.08. The first kappa shape index (κ1) is 23.8. The number of imidazole rings is 1. The maximum absolute atomic E-state index is 13.2. The Kier molecular flexibility index (Phi) is 6.55. The van der Waals surface area contributed by atoms with E-state index in [4.69, 9.17) is 0 Å². The minimum Gasteiger partial charge on any atom is -0.358 e. The van der Waals surface area contributed by atoms with Gasteiger partial charge >= 0.3 is 0 Å². The fourth-order valence-electron chi connectivity index (χ4n) is 4.70. The zero-order chi connectivity index (χ0) is 24.6. The number of amides is 1. The molecule has 1 fully saturated rings. The van der Waals surface area contributed by atoms with Crippen LogP contribution in [0, 0.1) is 0 Å². The van der Waals surface area contributed by atoms with Crippen LogP contribution in [-0.2, 0) is 14.6 Å². The highest BCUT2D eigenvalue weighted by Gasteiger charge is 2.28. The van der Waals surface area contributed by atoms with Crippen molar-refractivity contribution < 1.29 is 13.2 Å². The molecule has 1 atom stereocenters. The summed E-state index contributed by atoms with van der Waals surface area (Å²) in [4.78, 5) is 19.6. The van der Waals surface area contributed by atoms with Crippen LogP contribution in [0.5, 0.6) is 0 Å². The summed E-state index contributed by atoms with van der Waals surface area (Å²) in [5.41, 5.74) is 0.910. The molecule has 9 heteroatoms. The molecule has 1 N–H and O–H groups in total. The molecule has 1 aliphatic rings. The van der Waals surface area contributed by atoms with Crippen molar-refractivity contribution in [2.75, 3.05) is 18.0 Å². The van der Waals surface area contributed by atoms with E-state index in [0.29, 0.717) is 0 Å². The summed E-state index contributed by atoms with van der Waals surface area (Å²) in [6.45, 7) is 3.22. The summed E-state index contributed by atoms with van der Waals surface area (Å²) in [6, 6.07) is 16.9. The molecule has 7 nitrogen and oxygen atoms in total. The third-order valence-corrected chi connectivity index (χ3v) is 9.33. The van der Waals surface area contributed by atoms with Crippen LogP contribution in [0.1, 0.15) is 26.2 Å². The maximum atomic E-state index is 13.2. The molecule has 2 aromatic carbocycles. The maximum Gasteiger partial charge on any atom is 0.221 e. The molecule has 0 radical (unpaired) electrons. The zero-order valence-electron chi connectivity index (χ0n) is 19.4. The highest BCUT2D eigenvalue weighted by atomic mass is 79.9. The highest BCUT2D eigenvalue weighted by Crippen LogP contribution is 2.26. The van der Waals surface area contributed by atoms with Gasteiger partial charge in [-0.15, -0.1) is 0 Å². The minimum atomic E-state index is -3.63. The van der Waals surface area contributed by atoms with Gasteiger partial charge in [0.05, 0.1) is 10.1 Å². The third kappa shape index (κ3) is 4.92. The van der Waals surface area contributed by atoms with Gasteiger partial charge in [-0.25, -0.2) is 13.4 Å². The van der Waals surface area contributed by atoms with Crippen molar-refractivity contribution in [2.45, 2.75) is 42.4 Å². The molecule has 182 valence electrons. The number of carbonyl (C=O) groups is 1. The Labute approximate surface area is 213 Å². The second kappa shape index (κ2) is 9.62. The number of fused-ring (bicyclic) bond motifs is 2. The lowest BCUT2D eigenvalue weighted by Gasteiger charge is -2.34. The van der Waals surface area contributed by atoms with Crippen LogP contribution in [-0.4, -0.2) is 48.1 Å². The topological polar surface area (TPSA) is 83.8 Å². The Bertz CT molecular complexity index is 1490. The second-order valence-corrected chi connectivity index (χ2v) is 12.4. The van der Waals surface area contributed by atoms with Crippen molar-refractivity contribution in [2.24, 2.45) is 0 Å². The summed E-state index contributed by atoms with van der Waals surface area (Å²) < 4.78 is 29.3. The molecule has 1 amide bonds. The van der Waals surface area contributed by atoms with E-state index in [2.05, 4.69) is 41.6 Å². The Morgan fingerprint density at radius 2 is 1.86 bits per heavy atom. The monoisotopic (exact) mass is 554 g/mol. The number of sulfone groups is 1. The average Bonchev–Trinajstić information content (AvgIpc) is 3.33. The number of nitrogens with zero attached hydrogens (tertiary/aromatic N) is 3. The Hall–Kier alpha value is -2.91. The van der Waals surface area contributed by atoms with Gasteiger partial charge < -0.3 is 10.2 Å². The predicted molar refractivity (Wildman–Crippen MR) is 141 cm³/mol. The first-order valence-electron chi connectivity index (χ1n) is 11.7. The van der Waals surface area contributed by atoms with Gasteiger partial charge in [-0.1, -0.05) is 34.1 Å². The van der Waals surface area contributed by atoms with E-state index in [1.165, 1.54) is 0 Å². The molecule has 0 bridgehead atoms. The number of hydrogen-bond acceptors (Lipinski definition) is 5. The quantitative estimate of drug-likeness (QED) is 0.377. The fraction of sp³-hybridized carbons (Fsp3) is 0.308. The van der Waals surface area contributed by atoms with Crippen molar-refractivity contribution in [1.29, 1.82) is 0 Å². The van der Waals surface area contributed by atoms with E-state index in [1.807, 2.05) is 36.5 Å². The molecule has 1 saturated heterocycles. The molecule has 0 spiro atoms. The molecule has 35 heavy (non-hydrogen) atoms. The average molecular weight is 555 g/mol. The van der Waals surface area contributed by atoms with E-state index in [9.17, 15) is 13.2 Å². The number of hydrogen-bond donors (Lipinski definition) is 1. The largest absolute Gasteiger partial charge is 0.358 e. The molecule has 0 saturated carbocycles. The smallest absolute Gasteiger partial charge is 0.221 e. The van der Waals surface area contributed by atoms with Crippen molar-refractivity contribution >= 4 is 53.9 Å². The van der Waals surface area contributed by atoms with Gasteiger partial charge in [-0.05, 0) is 66.9 Å². The van der Waals surface area contributed by atoms with Gasteiger partial charge in [0.15, 0.2) is 9.84 Å². The Morgan fingerprint density at radius 1 is 1.11 bits per heavy atom. The van der Waals surface area contributed by atoms with Gasteiger partial charge in [0.25, 0.3) is 0 Å². The van der Waals surface area contributed by atoms with E-state index < -0.39 is 15.1 Å². The zero-order valence-corrected chi connectivity index (χ0v) is 21.8. The van der Waals surface area contributed by atoms with Crippen LogP contribution in [0.15, 0.2) is 76.4 Å². The van der Waals surface area contributed by atoms with Crippen LogP contribution >= 0.6 is 15.9 Å². The number of nitrogens with one attached hydrogen (secondary N) is 1. The van der Waals surface area contributed by atoms with Crippen LogP contribution in [0.3, 0.4) is 0 Å². The van der Waals surface area contributed by atoms with Crippen LogP contribution in [0.4, 0.5) is 5.82 Å². The molecule has 4 aromatic rings. The Morgan fingerprint density at radius 3 is 2.66 bits per heavy atom. The summed E-state index contributed by atoms with van der Waals surface area (Å²) in [5, 5.41) is 4.06. The number of pyridine rings is 1. The molecule has 5 rings (SSSR count). The molecule has 3 heterocycles. The van der Waals surface area contributed by atoms with Crippen molar-refractivity contribution in [1.82, 2.24) is 14.7 Å². The van der Waals surface area contributed by atoms with Gasteiger partial charge in [0.2, 0.25) is 5.91 Å². The van der Waals surface area contributed by atoms with E-state index in [-0.39, 0.29) is 23.3 Å². The molecule has 1 unspecified atom stereocenters. The lowest BCUT2D eigenvalue weighted by Crippen LogP contribution is -2.45. The number of carbonyl (C=O) groups excluding carboxylic acids is 1. The summed E-state index contributed by atoms with van der Waals surface area (Å²) in [5.74, 6) is 0.869. The molecule has 0 aliphatic carbocycles. The first-order valence-corrected chi connectivity index (χ1v) is 14.0. The third-order valence-electron chi connectivity index (χ3n) is 6.70. The van der Waals surface area contributed by atoms with Gasteiger partial charge in [0.1, 0.15) is 11.5 Å². The van der Waals surface area contributed by atoms with Crippen molar-refractivity contribution in [3.8, 4) is 0 Å². The van der Waals surface area contributed by atoms with Crippen LogP contribution in [0.25, 0.3) is 16.4 Å². The van der Waals surface area contributed by atoms with E-state index in [0.717, 1.165) is 52.6 Å². The number of anilines is 1. The minimum absolute atomic E-state index is 0.0368. The van der Waals surface area contributed by atoms with Gasteiger partial charge in [-0.2, -0.15) is 0 Å². The van der Waals surface area contributed by atoms with E-state index in [1.54, 1.807) is 31.3 Å². The van der Waals surface area contributed by atoms with Crippen molar-refractivity contribution in [3.63, 3.8) is 0 Å². The number of rotatable bonds is 6. The first-order chi connectivity index (χ1) is 16.8. The standard InChI is InChI=1S/C26H27BrN4O3S/c1-18(35(33,34)23-8-6-19-16-21(27)7-5-20(19)17-23)15-25(32)29-22-9-12-30(13-10-22)26-4-2-3-24-28-11-14-31(24)26/h2-8,11,14,16-18,22H,9-10,12-13,15H2,1H3,(H,29,32). The van der Waals surface area contributed by atoms with Crippen LogP contribution in [0.2, 0.25) is 0 Å². The molecular formula is C26H27BrN4O3S.